The number of hydrogen-bond acceptors (Lipinski definition) is 5. The summed E-state index contributed by atoms with van der Waals surface area (Å²) >= 11 is 0. The molecule has 1 aromatic heterocycles. The zero-order chi connectivity index (χ0) is 17.9. The van der Waals surface area contributed by atoms with Crippen LogP contribution >= 0.6 is 0 Å². The highest BCUT2D eigenvalue weighted by Gasteiger charge is 2.30. The van der Waals surface area contributed by atoms with E-state index in [1.54, 1.807) is 11.8 Å². The number of hydrogen-bond donors (Lipinski definition) is 0. The van der Waals surface area contributed by atoms with E-state index >= 15 is 0 Å². The lowest BCUT2D eigenvalue weighted by Crippen LogP contribution is -2.51. The molecule has 0 spiro atoms. The lowest BCUT2D eigenvalue weighted by molar-refractivity contribution is -0.132. The Morgan fingerprint density at radius 2 is 1.75 bits per heavy atom. The molecule has 1 fully saturated rings. The van der Waals surface area contributed by atoms with Gasteiger partial charge in [-0.05, 0) is 21.0 Å². The summed E-state index contributed by atoms with van der Waals surface area (Å²) in [7, 11) is 3.91. The maximum atomic E-state index is 12.8. The van der Waals surface area contributed by atoms with Gasteiger partial charge in [0.15, 0.2) is 5.76 Å². The number of piperazine rings is 1. The van der Waals surface area contributed by atoms with Crippen LogP contribution in [0.3, 0.4) is 0 Å². The molecule has 0 aliphatic carbocycles. The van der Waals surface area contributed by atoms with Gasteiger partial charge >= 0.3 is 0 Å². The molecule has 0 atom stereocenters. The Bertz CT molecular complexity index is 587. The van der Waals surface area contributed by atoms with E-state index in [1.807, 2.05) is 37.7 Å². The molecule has 0 unspecified atom stereocenters. The number of carbonyl (C=O) groups is 2. The van der Waals surface area contributed by atoms with Crippen molar-refractivity contribution in [1.29, 1.82) is 0 Å². The predicted octanol–water partition coefficient (Wildman–Crippen LogP) is 1.34. The Labute approximate surface area is 143 Å². The number of rotatable bonds is 5. The van der Waals surface area contributed by atoms with Gasteiger partial charge in [0.05, 0.1) is 5.69 Å². The molecule has 2 amide bonds. The van der Waals surface area contributed by atoms with Crippen molar-refractivity contribution in [2.45, 2.75) is 33.1 Å². The van der Waals surface area contributed by atoms with E-state index < -0.39 is 0 Å². The third kappa shape index (κ3) is 4.14. The van der Waals surface area contributed by atoms with Crippen molar-refractivity contribution in [1.82, 2.24) is 19.9 Å². The Morgan fingerprint density at radius 1 is 1.17 bits per heavy atom. The van der Waals surface area contributed by atoms with Crippen molar-refractivity contribution in [3.8, 4) is 0 Å². The molecule has 2 rings (SSSR count). The molecule has 2 heterocycles. The standard InChI is InChI=1S/C17H28N4O3/c1-12(2)16-15(13(3)18-24-16)17(23)21-10-8-20(9-11-21)14(22)6-7-19(4)5/h12H,6-11H2,1-5H3. The van der Waals surface area contributed by atoms with E-state index in [-0.39, 0.29) is 17.7 Å². The highest BCUT2D eigenvalue weighted by atomic mass is 16.5. The molecule has 1 saturated heterocycles. The summed E-state index contributed by atoms with van der Waals surface area (Å²) in [5, 5.41) is 3.95. The number of aromatic nitrogens is 1. The van der Waals surface area contributed by atoms with Crippen LogP contribution in [0.25, 0.3) is 0 Å². The molecule has 0 bridgehead atoms. The highest BCUT2D eigenvalue weighted by Crippen LogP contribution is 2.24. The maximum absolute atomic E-state index is 12.8. The first-order valence-electron chi connectivity index (χ1n) is 8.49. The summed E-state index contributed by atoms with van der Waals surface area (Å²) in [4.78, 5) is 30.6. The molecule has 1 aromatic rings. The SMILES string of the molecule is Cc1noc(C(C)C)c1C(=O)N1CCN(C(=O)CCN(C)C)CC1. The molecule has 0 saturated carbocycles. The molecule has 0 N–H and O–H groups in total. The van der Waals surface area contributed by atoms with Gasteiger partial charge in [0, 0.05) is 45.1 Å². The third-order valence-electron chi connectivity index (χ3n) is 4.32. The number of nitrogens with zero attached hydrogens (tertiary/aromatic N) is 4. The first kappa shape index (κ1) is 18.4. The largest absolute Gasteiger partial charge is 0.360 e. The fourth-order valence-electron chi connectivity index (χ4n) is 2.84. The van der Waals surface area contributed by atoms with E-state index in [0.29, 0.717) is 49.6 Å². The van der Waals surface area contributed by atoms with Gasteiger partial charge in [-0.25, -0.2) is 0 Å². The van der Waals surface area contributed by atoms with Crippen molar-refractivity contribution < 1.29 is 14.1 Å². The molecule has 134 valence electrons. The van der Waals surface area contributed by atoms with Crippen molar-refractivity contribution in [2.75, 3.05) is 46.8 Å². The van der Waals surface area contributed by atoms with E-state index in [2.05, 4.69) is 5.16 Å². The lowest BCUT2D eigenvalue weighted by atomic mass is 10.0. The first-order valence-corrected chi connectivity index (χ1v) is 8.49. The maximum Gasteiger partial charge on any atom is 0.259 e. The van der Waals surface area contributed by atoms with Crippen molar-refractivity contribution in [3.63, 3.8) is 0 Å². The zero-order valence-electron chi connectivity index (χ0n) is 15.3. The first-order chi connectivity index (χ1) is 11.3. The molecular weight excluding hydrogens is 308 g/mol. The molecule has 0 aromatic carbocycles. The van der Waals surface area contributed by atoms with Gasteiger partial charge < -0.3 is 19.2 Å². The van der Waals surface area contributed by atoms with Crippen molar-refractivity contribution >= 4 is 11.8 Å². The Hall–Kier alpha value is -1.89. The van der Waals surface area contributed by atoms with E-state index in [4.69, 9.17) is 4.52 Å². The van der Waals surface area contributed by atoms with Crippen LogP contribution in [-0.4, -0.2) is 78.5 Å². The highest BCUT2D eigenvalue weighted by molar-refractivity contribution is 5.96. The minimum atomic E-state index is -0.0437. The topological polar surface area (TPSA) is 69.9 Å². The lowest BCUT2D eigenvalue weighted by Gasteiger charge is -2.35. The van der Waals surface area contributed by atoms with Crippen LogP contribution in [0, 0.1) is 6.92 Å². The summed E-state index contributed by atoms with van der Waals surface area (Å²) in [6.07, 6.45) is 0.517. The quantitative estimate of drug-likeness (QED) is 0.812. The van der Waals surface area contributed by atoms with Crippen LogP contribution < -0.4 is 0 Å². The van der Waals surface area contributed by atoms with Crippen molar-refractivity contribution in [2.24, 2.45) is 0 Å². The van der Waals surface area contributed by atoms with E-state index in [9.17, 15) is 9.59 Å². The van der Waals surface area contributed by atoms with Gasteiger partial charge in [-0.15, -0.1) is 0 Å². The van der Waals surface area contributed by atoms with Gasteiger partial charge in [0.1, 0.15) is 5.56 Å². The summed E-state index contributed by atoms with van der Waals surface area (Å²) in [5.74, 6) is 0.860. The Morgan fingerprint density at radius 3 is 2.29 bits per heavy atom. The van der Waals surface area contributed by atoms with Gasteiger partial charge in [-0.3, -0.25) is 9.59 Å². The summed E-state index contributed by atoms with van der Waals surface area (Å²) < 4.78 is 5.32. The van der Waals surface area contributed by atoms with Gasteiger partial charge in [0.25, 0.3) is 5.91 Å². The monoisotopic (exact) mass is 336 g/mol. The average molecular weight is 336 g/mol. The number of amides is 2. The van der Waals surface area contributed by atoms with E-state index in [0.717, 1.165) is 6.54 Å². The molecule has 0 radical (unpaired) electrons. The predicted molar refractivity (Wildman–Crippen MR) is 91.0 cm³/mol. The van der Waals surface area contributed by atoms with Crippen LogP contribution in [0.15, 0.2) is 4.52 Å². The number of carbonyl (C=O) groups excluding carboxylic acids is 2. The minimum absolute atomic E-state index is 0.0437. The summed E-state index contributed by atoms with van der Waals surface area (Å²) in [6.45, 7) is 8.78. The second-order valence-electron chi connectivity index (χ2n) is 6.89. The molecular formula is C17H28N4O3. The molecule has 7 nitrogen and oxygen atoms in total. The molecule has 1 aliphatic heterocycles. The van der Waals surface area contributed by atoms with Crippen LogP contribution in [0.2, 0.25) is 0 Å². The number of aryl methyl sites for hydroxylation is 1. The molecule has 7 heteroatoms. The normalized spacial score (nSPS) is 15.5. The molecule has 1 aliphatic rings. The van der Waals surface area contributed by atoms with Crippen LogP contribution in [-0.2, 0) is 4.79 Å². The minimum Gasteiger partial charge on any atom is -0.360 e. The van der Waals surface area contributed by atoms with Crippen LogP contribution in [0.1, 0.15) is 48.0 Å². The summed E-state index contributed by atoms with van der Waals surface area (Å²) in [5.41, 5.74) is 1.21. The fraction of sp³-hybridized carbons (Fsp3) is 0.706. The van der Waals surface area contributed by atoms with Crippen molar-refractivity contribution in [3.05, 3.63) is 17.0 Å². The van der Waals surface area contributed by atoms with E-state index in [1.165, 1.54) is 0 Å². The average Bonchev–Trinajstić information content (AvgIpc) is 2.94. The smallest absolute Gasteiger partial charge is 0.259 e. The molecule has 24 heavy (non-hydrogen) atoms. The van der Waals surface area contributed by atoms with Crippen LogP contribution in [0.4, 0.5) is 0 Å². The van der Waals surface area contributed by atoms with Gasteiger partial charge in [-0.1, -0.05) is 19.0 Å². The van der Waals surface area contributed by atoms with Crippen LogP contribution in [0.5, 0.6) is 0 Å². The second kappa shape index (κ2) is 7.79. The van der Waals surface area contributed by atoms with Gasteiger partial charge in [0.2, 0.25) is 5.91 Å². The fourth-order valence-corrected chi connectivity index (χ4v) is 2.84. The zero-order valence-corrected chi connectivity index (χ0v) is 15.3. The third-order valence-corrected chi connectivity index (χ3v) is 4.32. The Balaban J connectivity index is 1.96. The summed E-state index contributed by atoms with van der Waals surface area (Å²) in [6, 6.07) is 0. The Kier molecular flexibility index (Phi) is 5.99. The second-order valence-corrected chi connectivity index (χ2v) is 6.89. The van der Waals surface area contributed by atoms with Gasteiger partial charge in [-0.2, -0.15) is 0 Å².